The third-order valence-electron chi connectivity index (χ3n) is 4.31. The van der Waals surface area contributed by atoms with Crippen molar-refractivity contribution in [3.05, 3.63) is 48.2 Å². The maximum Gasteiger partial charge on any atom is 0.228 e. The standard InChI is InChI=1S/C20H25N3O4/c1-25-18-5-2-16(3-6-18)14-19(24)22-17-4-7-20(21-15-17)27-13-10-23-8-11-26-12-9-23/h2-7,15H,8-14H2,1H3,(H,22,24). The van der Waals surface area contributed by atoms with Gasteiger partial charge in [0.2, 0.25) is 11.8 Å². The number of methoxy groups -OCH3 is 1. The quantitative estimate of drug-likeness (QED) is 0.765. The summed E-state index contributed by atoms with van der Waals surface area (Å²) in [5.74, 6) is 1.23. The van der Waals surface area contributed by atoms with Crippen molar-refractivity contribution < 1.29 is 19.0 Å². The molecule has 0 saturated carbocycles. The summed E-state index contributed by atoms with van der Waals surface area (Å²) in [4.78, 5) is 18.7. The van der Waals surface area contributed by atoms with Crippen LogP contribution in [-0.4, -0.2) is 62.4 Å². The minimum atomic E-state index is -0.0945. The molecule has 2 aromatic rings. The molecule has 1 saturated heterocycles. The summed E-state index contributed by atoms with van der Waals surface area (Å²) in [6.45, 7) is 4.87. The highest BCUT2D eigenvalue weighted by Gasteiger charge is 2.10. The highest BCUT2D eigenvalue weighted by Crippen LogP contribution is 2.14. The van der Waals surface area contributed by atoms with Gasteiger partial charge in [-0.1, -0.05) is 12.1 Å². The zero-order valence-corrected chi connectivity index (χ0v) is 15.5. The van der Waals surface area contributed by atoms with Crippen LogP contribution in [0, 0.1) is 0 Å². The van der Waals surface area contributed by atoms with Gasteiger partial charge in [0.25, 0.3) is 0 Å². The van der Waals surface area contributed by atoms with E-state index in [4.69, 9.17) is 14.2 Å². The Balaban J connectivity index is 1.41. The van der Waals surface area contributed by atoms with E-state index in [1.807, 2.05) is 24.3 Å². The number of hydrogen-bond donors (Lipinski definition) is 1. The minimum absolute atomic E-state index is 0.0945. The zero-order chi connectivity index (χ0) is 18.9. The van der Waals surface area contributed by atoms with E-state index in [1.54, 1.807) is 25.4 Å². The highest BCUT2D eigenvalue weighted by atomic mass is 16.5. The van der Waals surface area contributed by atoms with Gasteiger partial charge in [0, 0.05) is 25.7 Å². The van der Waals surface area contributed by atoms with Gasteiger partial charge in [0.1, 0.15) is 12.4 Å². The fraction of sp³-hybridized carbons (Fsp3) is 0.400. The van der Waals surface area contributed by atoms with Crippen molar-refractivity contribution in [3.63, 3.8) is 0 Å². The number of morpholine rings is 1. The number of amides is 1. The Labute approximate surface area is 159 Å². The number of benzene rings is 1. The lowest BCUT2D eigenvalue weighted by molar-refractivity contribution is -0.115. The van der Waals surface area contributed by atoms with Crippen LogP contribution in [0.25, 0.3) is 0 Å². The van der Waals surface area contributed by atoms with Crippen LogP contribution in [0.5, 0.6) is 11.6 Å². The molecule has 3 rings (SSSR count). The van der Waals surface area contributed by atoms with Crippen molar-refractivity contribution >= 4 is 11.6 Å². The van der Waals surface area contributed by atoms with Crippen LogP contribution < -0.4 is 14.8 Å². The van der Waals surface area contributed by atoms with Gasteiger partial charge < -0.3 is 19.5 Å². The molecule has 7 heteroatoms. The Kier molecular flexibility index (Phi) is 7.01. The van der Waals surface area contributed by atoms with Crippen LogP contribution in [0.1, 0.15) is 5.56 Å². The maximum atomic E-state index is 12.2. The van der Waals surface area contributed by atoms with E-state index in [9.17, 15) is 4.79 Å². The first-order chi connectivity index (χ1) is 13.2. The van der Waals surface area contributed by atoms with Crippen molar-refractivity contribution in [1.29, 1.82) is 0 Å². The van der Waals surface area contributed by atoms with Crippen molar-refractivity contribution in [2.75, 3.05) is 51.9 Å². The molecule has 0 atom stereocenters. The number of nitrogens with one attached hydrogen (secondary N) is 1. The third kappa shape index (κ3) is 6.23. The Morgan fingerprint density at radius 3 is 2.63 bits per heavy atom. The van der Waals surface area contributed by atoms with Gasteiger partial charge in [-0.15, -0.1) is 0 Å². The zero-order valence-electron chi connectivity index (χ0n) is 15.5. The Morgan fingerprint density at radius 2 is 1.96 bits per heavy atom. The molecule has 1 aliphatic heterocycles. The van der Waals surface area contributed by atoms with E-state index in [0.717, 1.165) is 44.2 Å². The summed E-state index contributed by atoms with van der Waals surface area (Å²) >= 11 is 0. The number of carbonyl (C=O) groups excluding carboxylic acids is 1. The predicted molar refractivity (Wildman–Crippen MR) is 102 cm³/mol. The molecule has 1 aromatic heterocycles. The summed E-state index contributed by atoms with van der Waals surface area (Å²) in [7, 11) is 1.62. The topological polar surface area (TPSA) is 72.9 Å². The second-order valence-electron chi connectivity index (χ2n) is 6.26. The number of carbonyl (C=O) groups is 1. The summed E-state index contributed by atoms with van der Waals surface area (Å²) in [5, 5.41) is 2.84. The molecule has 1 N–H and O–H groups in total. The summed E-state index contributed by atoms with van der Waals surface area (Å²) in [6, 6.07) is 11.0. The van der Waals surface area contributed by atoms with E-state index < -0.39 is 0 Å². The van der Waals surface area contributed by atoms with E-state index in [-0.39, 0.29) is 5.91 Å². The molecule has 1 aliphatic rings. The number of aromatic nitrogens is 1. The lowest BCUT2D eigenvalue weighted by Crippen LogP contribution is -2.38. The van der Waals surface area contributed by atoms with Gasteiger partial charge >= 0.3 is 0 Å². The summed E-state index contributed by atoms with van der Waals surface area (Å²) in [5.41, 5.74) is 1.57. The Morgan fingerprint density at radius 1 is 1.19 bits per heavy atom. The molecule has 1 amide bonds. The first-order valence-electron chi connectivity index (χ1n) is 9.04. The fourth-order valence-corrected chi connectivity index (χ4v) is 2.78. The SMILES string of the molecule is COc1ccc(CC(=O)Nc2ccc(OCCN3CCOCC3)nc2)cc1. The molecule has 144 valence electrons. The molecule has 1 aromatic carbocycles. The largest absolute Gasteiger partial charge is 0.497 e. The molecule has 7 nitrogen and oxygen atoms in total. The van der Waals surface area contributed by atoms with Gasteiger partial charge in [-0.2, -0.15) is 0 Å². The van der Waals surface area contributed by atoms with Crippen molar-refractivity contribution in [2.24, 2.45) is 0 Å². The number of rotatable bonds is 8. The van der Waals surface area contributed by atoms with Crippen LogP contribution in [0.3, 0.4) is 0 Å². The second kappa shape index (κ2) is 9.89. The molecule has 0 radical (unpaired) electrons. The number of nitrogens with zero attached hydrogens (tertiary/aromatic N) is 2. The molecular formula is C20H25N3O4. The molecule has 0 spiro atoms. The highest BCUT2D eigenvalue weighted by molar-refractivity contribution is 5.92. The van der Waals surface area contributed by atoms with Gasteiger partial charge in [-0.05, 0) is 23.8 Å². The van der Waals surface area contributed by atoms with Gasteiger partial charge in [0.15, 0.2) is 0 Å². The lowest BCUT2D eigenvalue weighted by Gasteiger charge is -2.26. The molecule has 0 unspecified atom stereocenters. The first-order valence-corrected chi connectivity index (χ1v) is 9.04. The average molecular weight is 371 g/mol. The van der Waals surface area contributed by atoms with Crippen LogP contribution in [-0.2, 0) is 16.0 Å². The predicted octanol–water partition coefficient (Wildman–Crippen LogP) is 1.98. The normalized spacial score (nSPS) is 14.6. The molecular weight excluding hydrogens is 346 g/mol. The van der Waals surface area contributed by atoms with Crippen LogP contribution >= 0.6 is 0 Å². The van der Waals surface area contributed by atoms with Crippen LogP contribution in [0.4, 0.5) is 5.69 Å². The lowest BCUT2D eigenvalue weighted by atomic mass is 10.1. The monoisotopic (exact) mass is 371 g/mol. The first kappa shape index (κ1) is 19.1. The Hall–Kier alpha value is -2.64. The van der Waals surface area contributed by atoms with Gasteiger partial charge in [0.05, 0.1) is 38.6 Å². The van der Waals surface area contributed by atoms with E-state index in [0.29, 0.717) is 24.6 Å². The number of ether oxygens (including phenoxy) is 3. The van der Waals surface area contributed by atoms with Gasteiger partial charge in [-0.3, -0.25) is 9.69 Å². The van der Waals surface area contributed by atoms with E-state index in [1.165, 1.54) is 0 Å². The van der Waals surface area contributed by atoms with Crippen molar-refractivity contribution in [3.8, 4) is 11.6 Å². The van der Waals surface area contributed by atoms with Crippen LogP contribution in [0.2, 0.25) is 0 Å². The molecule has 2 heterocycles. The number of anilines is 1. The smallest absolute Gasteiger partial charge is 0.228 e. The summed E-state index contributed by atoms with van der Waals surface area (Å²) < 4.78 is 16.1. The van der Waals surface area contributed by atoms with Crippen LogP contribution in [0.15, 0.2) is 42.6 Å². The van der Waals surface area contributed by atoms with E-state index >= 15 is 0 Å². The van der Waals surface area contributed by atoms with Crippen molar-refractivity contribution in [1.82, 2.24) is 9.88 Å². The molecule has 27 heavy (non-hydrogen) atoms. The number of hydrogen-bond acceptors (Lipinski definition) is 6. The van der Waals surface area contributed by atoms with E-state index in [2.05, 4.69) is 15.2 Å². The average Bonchev–Trinajstić information content (AvgIpc) is 2.71. The molecule has 0 bridgehead atoms. The van der Waals surface area contributed by atoms with Crippen molar-refractivity contribution in [2.45, 2.75) is 6.42 Å². The molecule has 0 aliphatic carbocycles. The second-order valence-corrected chi connectivity index (χ2v) is 6.26. The minimum Gasteiger partial charge on any atom is -0.497 e. The maximum absolute atomic E-state index is 12.2. The Bertz CT molecular complexity index is 713. The summed E-state index contributed by atoms with van der Waals surface area (Å²) in [6.07, 6.45) is 1.90. The van der Waals surface area contributed by atoms with Gasteiger partial charge in [-0.25, -0.2) is 4.98 Å². The number of pyridine rings is 1. The third-order valence-corrected chi connectivity index (χ3v) is 4.31. The fourth-order valence-electron chi connectivity index (χ4n) is 2.78. The molecule has 1 fully saturated rings.